The third kappa shape index (κ3) is 2.67. The van der Waals surface area contributed by atoms with Crippen LogP contribution in [0, 0.1) is 0 Å². The molecule has 1 aromatic heterocycles. The predicted molar refractivity (Wildman–Crippen MR) is 74.7 cm³/mol. The van der Waals surface area contributed by atoms with Crippen molar-refractivity contribution in [3.63, 3.8) is 0 Å². The van der Waals surface area contributed by atoms with Crippen LogP contribution in [-0.2, 0) is 21.6 Å². The molecule has 19 heavy (non-hydrogen) atoms. The Morgan fingerprint density at radius 2 is 2.32 bits per heavy atom. The summed E-state index contributed by atoms with van der Waals surface area (Å²) in [5.41, 5.74) is 0.387. The van der Waals surface area contributed by atoms with E-state index in [4.69, 9.17) is 4.74 Å². The number of carboxylic acid groups (broad SMARTS) is 1. The molecule has 1 N–H and O–H groups in total. The highest BCUT2D eigenvalue weighted by molar-refractivity contribution is 7.11. The molecule has 0 amide bonds. The largest absolute Gasteiger partial charge is 0.481 e. The van der Waals surface area contributed by atoms with E-state index < -0.39 is 11.9 Å². The van der Waals surface area contributed by atoms with Crippen LogP contribution in [0.4, 0.5) is 0 Å². The number of hydrogen-bond donors (Lipinski definition) is 1. The molecule has 1 aliphatic carbocycles. The minimum atomic E-state index is -0.757. The molecule has 106 valence electrons. The van der Waals surface area contributed by atoms with Crippen LogP contribution < -0.4 is 0 Å². The first kappa shape index (κ1) is 14.5. The van der Waals surface area contributed by atoms with Gasteiger partial charge in [-0.15, -0.1) is 11.3 Å². The second kappa shape index (κ2) is 5.59. The maximum Gasteiger partial charge on any atom is 0.312 e. The molecule has 0 aromatic carbocycles. The molecule has 0 fully saturated rings. The summed E-state index contributed by atoms with van der Waals surface area (Å²) in [4.78, 5) is 17.1. The monoisotopic (exact) mass is 283 g/mol. The van der Waals surface area contributed by atoms with Gasteiger partial charge in [-0.05, 0) is 39.5 Å². The van der Waals surface area contributed by atoms with Crippen molar-refractivity contribution in [2.24, 2.45) is 0 Å². The average molecular weight is 283 g/mol. The van der Waals surface area contributed by atoms with Crippen LogP contribution in [0.1, 0.15) is 61.5 Å². The molecule has 4 nitrogen and oxygen atoms in total. The van der Waals surface area contributed by atoms with Crippen molar-refractivity contribution in [3.8, 4) is 0 Å². The Balaban J connectivity index is 2.38. The van der Waals surface area contributed by atoms with Gasteiger partial charge in [-0.1, -0.05) is 6.92 Å². The molecular formula is C14H21NO3S. The van der Waals surface area contributed by atoms with Gasteiger partial charge in [0.05, 0.1) is 11.6 Å². The first-order valence-corrected chi connectivity index (χ1v) is 7.70. The molecule has 1 aromatic rings. The van der Waals surface area contributed by atoms with E-state index in [0.29, 0.717) is 13.0 Å². The van der Waals surface area contributed by atoms with E-state index in [0.717, 1.165) is 34.8 Å². The Morgan fingerprint density at radius 1 is 1.58 bits per heavy atom. The fourth-order valence-corrected chi connectivity index (χ4v) is 3.85. The topological polar surface area (TPSA) is 59.4 Å². The fourth-order valence-electron chi connectivity index (χ4n) is 2.52. The van der Waals surface area contributed by atoms with Gasteiger partial charge in [-0.2, -0.15) is 0 Å². The predicted octanol–water partition coefficient (Wildman–Crippen LogP) is 3.31. The number of rotatable bonds is 5. The maximum absolute atomic E-state index is 11.3. The van der Waals surface area contributed by atoms with E-state index in [1.165, 1.54) is 0 Å². The van der Waals surface area contributed by atoms with Crippen LogP contribution in [-0.4, -0.2) is 22.7 Å². The van der Waals surface area contributed by atoms with Crippen molar-refractivity contribution in [3.05, 3.63) is 15.6 Å². The number of carbonyl (C=O) groups is 1. The number of ether oxygens (including phenoxy) is 1. The van der Waals surface area contributed by atoms with Gasteiger partial charge in [0.2, 0.25) is 0 Å². The molecule has 2 rings (SSSR count). The Kier molecular flexibility index (Phi) is 4.26. The first-order chi connectivity index (χ1) is 9.01. The highest BCUT2D eigenvalue weighted by Gasteiger charge is 2.35. The summed E-state index contributed by atoms with van der Waals surface area (Å²) in [5, 5.41) is 10.2. The number of aliphatic carboxylic acids is 1. The summed E-state index contributed by atoms with van der Waals surface area (Å²) in [6.07, 6.45) is 3.42. The Bertz CT molecular complexity index is 471. The van der Waals surface area contributed by atoms with Gasteiger partial charge in [0, 0.05) is 11.5 Å². The van der Waals surface area contributed by atoms with Gasteiger partial charge >= 0.3 is 5.97 Å². The highest BCUT2D eigenvalue weighted by atomic mass is 32.1. The molecule has 1 heterocycles. The van der Waals surface area contributed by atoms with Crippen molar-refractivity contribution in [2.75, 3.05) is 6.61 Å². The number of fused-ring (bicyclic) bond motifs is 1. The quantitative estimate of drug-likeness (QED) is 0.900. The Hall–Kier alpha value is -0.940. The number of carboxylic acids is 1. The van der Waals surface area contributed by atoms with E-state index >= 15 is 0 Å². The van der Waals surface area contributed by atoms with Crippen molar-refractivity contribution >= 4 is 17.3 Å². The third-order valence-corrected chi connectivity index (χ3v) is 5.22. The smallest absolute Gasteiger partial charge is 0.312 e. The van der Waals surface area contributed by atoms with Crippen LogP contribution in [0.15, 0.2) is 0 Å². The van der Waals surface area contributed by atoms with Crippen LogP contribution >= 0.6 is 11.3 Å². The van der Waals surface area contributed by atoms with E-state index in [1.54, 1.807) is 11.3 Å². The van der Waals surface area contributed by atoms with Crippen LogP contribution in [0.3, 0.4) is 0 Å². The normalized spacial score (nSPS) is 21.7. The van der Waals surface area contributed by atoms with E-state index in [9.17, 15) is 9.90 Å². The highest BCUT2D eigenvalue weighted by Crippen LogP contribution is 2.40. The number of hydrogen-bond acceptors (Lipinski definition) is 4. The molecule has 0 saturated carbocycles. The SMILES string of the molecule is CCOC(C)(CC)c1nc2c(s1)CCCC2C(=O)O. The number of aryl methyl sites for hydroxylation is 1. The number of nitrogens with zero attached hydrogens (tertiary/aromatic N) is 1. The lowest BCUT2D eigenvalue weighted by atomic mass is 9.91. The maximum atomic E-state index is 11.3. The van der Waals surface area contributed by atoms with Gasteiger partial charge in [-0.25, -0.2) is 4.98 Å². The summed E-state index contributed by atoms with van der Waals surface area (Å²) < 4.78 is 5.84. The molecule has 1 aliphatic rings. The minimum Gasteiger partial charge on any atom is -0.481 e. The second-order valence-electron chi connectivity index (χ2n) is 5.13. The van der Waals surface area contributed by atoms with E-state index in [1.807, 2.05) is 13.8 Å². The zero-order chi connectivity index (χ0) is 14.0. The molecule has 0 radical (unpaired) electrons. The molecular weight excluding hydrogens is 262 g/mol. The van der Waals surface area contributed by atoms with Crippen LogP contribution in [0.25, 0.3) is 0 Å². The summed E-state index contributed by atoms with van der Waals surface area (Å²) >= 11 is 1.63. The lowest BCUT2D eigenvalue weighted by molar-refractivity contribution is -0.139. The van der Waals surface area contributed by atoms with Gasteiger partial charge in [-0.3, -0.25) is 4.79 Å². The lowest BCUT2D eigenvalue weighted by Gasteiger charge is -2.25. The zero-order valence-corrected chi connectivity index (χ0v) is 12.5. The molecule has 2 unspecified atom stereocenters. The summed E-state index contributed by atoms with van der Waals surface area (Å²) in [7, 11) is 0. The van der Waals surface area contributed by atoms with Gasteiger partial charge in [0.25, 0.3) is 0 Å². The molecule has 0 bridgehead atoms. The molecule has 2 atom stereocenters. The molecule has 0 spiro atoms. The zero-order valence-electron chi connectivity index (χ0n) is 11.7. The van der Waals surface area contributed by atoms with Crippen molar-refractivity contribution in [2.45, 2.75) is 58.0 Å². The summed E-state index contributed by atoms with van der Waals surface area (Å²) in [6, 6.07) is 0. The summed E-state index contributed by atoms with van der Waals surface area (Å²) in [5.74, 6) is -1.19. The number of thiazole rings is 1. The van der Waals surface area contributed by atoms with Crippen molar-refractivity contribution in [1.82, 2.24) is 4.98 Å². The fraction of sp³-hybridized carbons (Fsp3) is 0.714. The minimum absolute atomic E-state index is 0.389. The van der Waals surface area contributed by atoms with Crippen molar-refractivity contribution in [1.29, 1.82) is 0 Å². The molecule has 0 aliphatic heterocycles. The molecule has 5 heteroatoms. The van der Waals surface area contributed by atoms with E-state index in [-0.39, 0.29) is 5.60 Å². The molecule has 0 saturated heterocycles. The first-order valence-electron chi connectivity index (χ1n) is 6.88. The van der Waals surface area contributed by atoms with Crippen LogP contribution in [0.2, 0.25) is 0 Å². The van der Waals surface area contributed by atoms with Crippen LogP contribution in [0.5, 0.6) is 0 Å². The third-order valence-electron chi connectivity index (χ3n) is 3.84. The lowest BCUT2D eigenvalue weighted by Crippen LogP contribution is -2.25. The summed E-state index contributed by atoms with van der Waals surface area (Å²) in [6.45, 7) is 6.72. The average Bonchev–Trinajstić information content (AvgIpc) is 2.82. The van der Waals surface area contributed by atoms with Crippen molar-refractivity contribution < 1.29 is 14.6 Å². The Labute approximate surface area is 117 Å². The Morgan fingerprint density at radius 3 is 2.89 bits per heavy atom. The number of aromatic nitrogens is 1. The standard InChI is InChI=1S/C14H21NO3S/c1-4-14(3,18-5-2)13-15-11-9(12(16)17)7-6-8-10(11)19-13/h9H,4-8H2,1-3H3,(H,16,17). The second-order valence-corrected chi connectivity index (χ2v) is 6.21. The van der Waals surface area contributed by atoms with Gasteiger partial charge in [0.15, 0.2) is 0 Å². The van der Waals surface area contributed by atoms with Gasteiger partial charge < -0.3 is 9.84 Å². The van der Waals surface area contributed by atoms with Gasteiger partial charge in [0.1, 0.15) is 10.6 Å². The van der Waals surface area contributed by atoms with E-state index in [2.05, 4.69) is 11.9 Å².